The molecule has 0 bridgehead atoms. The summed E-state index contributed by atoms with van der Waals surface area (Å²) in [6, 6.07) is 12.3. The van der Waals surface area contributed by atoms with E-state index in [1.54, 1.807) is 47.4 Å². The van der Waals surface area contributed by atoms with Crippen molar-refractivity contribution in [3.63, 3.8) is 0 Å². The van der Waals surface area contributed by atoms with Crippen LogP contribution in [0.1, 0.15) is 27.2 Å². The van der Waals surface area contributed by atoms with Gasteiger partial charge in [0.25, 0.3) is 5.91 Å². The first kappa shape index (κ1) is 23.2. The summed E-state index contributed by atoms with van der Waals surface area (Å²) in [6.07, 6.45) is 3.40. The number of aryl methyl sites for hydroxylation is 2. The summed E-state index contributed by atoms with van der Waals surface area (Å²) in [4.78, 5) is 12.6. The molecule has 0 saturated carbocycles. The molecule has 0 atom stereocenters. The number of carbonyl (C=O) groups excluding carboxylic acids is 1. The van der Waals surface area contributed by atoms with E-state index < -0.39 is 0 Å². The van der Waals surface area contributed by atoms with Gasteiger partial charge in [-0.05, 0) is 55.3 Å². The van der Waals surface area contributed by atoms with E-state index in [1.807, 2.05) is 26.0 Å². The predicted molar refractivity (Wildman–Crippen MR) is 130 cm³/mol. The molecule has 0 aliphatic rings. The maximum Gasteiger partial charge on any atom is 0.277 e. The fourth-order valence-corrected chi connectivity index (χ4v) is 3.85. The summed E-state index contributed by atoms with van der Waals surface area (Å²) < 4.78 is 8.95. The molecular formula is C23H20Cl3N5O2. The number of anilines is 1. The third-order valence-electron chi connectivity index (χ3n) is 4.91. The first-order chi connectivity index (χ1) is 15.8. The zero-order valence-electron chi connectivity index (χ0n) is 17.8. The lowest BCUT2D eigenvalue weighted by Gasteiger charge is -2.10. The van der Waals surface area contributed by atoms with E-state index >= 15 is 0 Å². The number of nitrogens with one attached hydrogen (secondary N) is 1. The Morgan fingerprint density at radius 1 is 0.970 bits per heavy atom. The lowest BCUT2D eigenvalue weighted by molar-refractivity contribution is 0.101. The Morgan fingerprint density at radius 3 is 2.33 bits per heavy atom. The van der Waals surface area contributed by atoms with Crippen molar-refractivity contribution in [2.45, 2.75) is 27.1 Å². The molecule has 0 spiro atoms. The molecule has 0 aliphatic heterocycles. The average Bonchev–Trinajstić information content (AvgIpc) is 3.43. The molecule has 0 unspecified atom stereocenters. The third-order valence-corrected chi connectivity index (χ3v) is 6.22. The maximum absolute atomic E-state index is 12.6. The number of ether oxygens (including phenoxy) is 1. The lowest BCUT2D eigenvalue weighted by atomic mass is 10.1. The molecule has 2 aromatic heterocycles. The zero-order valence-corrected chi connectivity index (χ0v) is 20.1. The molecule has 0 aliphatic carbocycles. The van der Waals surface area contributed by atoms with E-state index in [0.717, 1.165) is 21.7 Å². The molecule has 1 amide bonds. The van der Waals surface area contributed by atoms with Gasteiger partial charge in [-0.3, -0.25) is 9.48 Å². The maximum atomic E-state index is 12.6. The van der Waals surface area contributed by atoms with Crippen LogP contribution < -0.4 is 10.1 Å². The first-order valence-corrected chi connectivity index (χ1v) is 11.1. The predicted octanol–water partition coefficient (Wildman–Crippen LogP) is 5.99. The van der Waals surface area contributed by atoms with Crippen LogP contribution in [0.5, 0.6) is 5.75 Å². The molecule has 4 aromatic rings. The number of carbonyl (C=O) groups is 1. The van der Waals surface area contributed by atoms with Gasteiger partial charge in [0.1, 0.15) is 5.75 Å². The number of hydrogen-bond donors (Lipinski definition) is 1. The summed E-state index contributed by atoms with van der Waals surface area (Å²) in [5.41, 5.74) is 2.87. The first-order valence-electron chi connectivity index (χ1n) is 10.0. The van der Waals surface area contributed by atoms with Crippen molar-refractivity contribution in [3.05, 3.63) is 92.3 Å². The van der Waals surface area contributed by atoms with Crippen LogP contribution in [0.4, 0.5) is 5.82 Å². The van der Waals surface area contributed by atoms with Gasteiger partial charge in [-0.2, -0.15) is 10.2 Å². The van der Waals surface area contributed by atoms with Gasteiger partial charge >= 0.3 is 0 Å². The van der Waals surface area contributed by atoms with Crippen LogP contribution in [0.3, 0.4) is 0 Å². The van der Waals surface area contributed by atoms with Crippen LogP contribution in [-0.2, 0) is 13.3 Å². The van der Waals surface area contributed by atoms with Gasteiger partial charge in [0, 0.05) is 39.1 Å². The number of amides is 1. The van der Waals surface area contributed by atoms with Crippen LogP contribution in [-0.4, -0.2) is 25.5 Å². The van der Waals surface area contributed by atoms with Crippen molar-refractivity contribution in [2.75, 3.05) is 5.32 Å². The molecule has 1 N–H and O–H groups in total. The lowest BCUT2D eigenvalue weighted by Crippen LogP contribution is -2.15. The molecule has 0 saturated heterocycles. The highest BCUT2D eigenvalue weighted by molar-refractivity contribution is 6.36. The standard InChI is InChI=1S/C23H20Cl3N5O2/c1-14-10-16(11-15(2)22(14)26)33-13-31-8-6-20(28-31)23(32)27-21-7-9-30(29-21)12-17-18(24)4-3-5-19(17)25/h3-11H,12-13H2,1-2H3,(H,27,29,32). The molecule has 0 radical (unpaired) electrons. The van der Waals surface area contributed by atoms with Crippen molar-refractivity contribution in [2.24, 2.45) is 0 Å². The second kappa shape index (κ2) is 9.87. The molecule has 0 fully saturated rings. The Kier molecular flexibility index (Phi) is 6.93. The Morgan fingerprint density at radius 2 is 1.64 bits per heavy atom. The van der Waals surface area contributed by atoms with Crippen LogP contribution in [0, 0.1) is 13.8 Å². The van der Waals surface area contributed by atoms with Crippen LogP contribution >= 0.6 is 34.8 Å². The van der Waals surface area contributed by atoms with Crippen molar-refractivity contribution < 1.29 is 9.53 Å². The van der Waals surface area contributed by atoms with Gasteiger partial charge in [-0.25, -0.2) is 4.68 Å². The molecular weight excluding hydrogens is 485 g/mol. The van der Waals surface area contributed by atoms with E-state index in [4.69, 9.17) is 39.5 Å². The van der Waals surface area contributed by atoms with Crippen molar-refractivity contribution in [3.8, 4) is 5.75 Å². The Hall–Kier alpha value is -3.00. The SMILES string of the molecule is Cc1cc(OCn2ccc(C(=O)Nc3ccn(Cc4c(Cl)cccc4Cl)n3)n2)cc(C)c1Cl. The highest BCUT2D eigenvalue weighted by Gasteiger charge is 2.13. The number of rotatable bonds is 7. The van der Waals surface area contributed by atoms with Crippen molar-refractivity contribution in [1.82, 2.24) is 19.6 Å². The fourth-order valence-electron chi connectivity index (χ4n) is 3.23. The minimum absolute atomic E-state index is 0.154. The van der Waals surface area contributed by atoms with Gasteiger partial charge in [0.05, 0.1) is 6.54 Å². The molecule has 4 rings (SSSR count). The minimum atomic E-state index is -0.382. The zero-order chi connectivity index (χ0) is 23.5. The van der Waals surface area contributed by atoms with E-state index in [-0.39, 0.29) is 18.3 Å². The minimum Gasteiger partial charge on any atom is -0.471 e. The second-order valence-corrected chi connectivity index (χ2v) is 8.63. The largest absolute Gasteiger partial charge is 0.471 e. The topological polar surface area (TPSA) is 74.0 Å². The number of benzene rings is 2. The molecule has 7 nitrogen and oxygen atoms in total. The summed E-state index contributed by atoms with van der Waals surface area (Å²) in [5, 5.41) is 13.2. The normalized spacial score (nSPS) is 10.9. The number of halogens is 3. The molecule has 33 heavy (non-hydrogen) atoms. The van der Waals surface area contributed by atoms with Crippen LogP contribution in [0.15, 0.2) is 54.9 Å². The van der Waals surface area contributed by atoms with E-state index in [9.17, 15) is 4.79 Å². The monoisotopic (exact) mass is 503 g/mol. The van der Waals surface area contributed by atoms with Gasteiger partial charge < -0.3 is 10.1 Å². The molecule has 10 heteroatoms. The van der Waals surface area contributed by atoms with Crippen molar-refractivity contribution in [1.29, 1.82) is 0 Å². The summed E-state index contributed by atoms with van der Waals surface area (Å²) in [6.45, 7) is 4.37. The highest BCUT2D eigenvalue weighted by Crippen LogP contribution is 2.26. The van der Waals surface area contributed by atoms with E-state index in [0.29, 0.717) is 28.2 Å². The average molecular weight is 505 g/mol. The number of nitrogens with zero attached hydrogens (tertiary/aromatic N) is 4. The summed E-state index contributed by atoms with van der Waals surface area (Å²) >= 11 is 18.6. The van der Waals surface area contributed by atoms with E-state index in [1.165, 1.54) is 4.68 Å². The van der Waals surface area contributed by atoms with Crippen molar-refractivity contribution >= 4 is 46.5 Å². The van der Waals surface area contributed by atoms with Gasteiger partial charge in [-0.15, -0.1) is 0 Å². The third kappa shape index (κ3) is 5.50. The highest BCUT2D eigenvalue weighted by atomic mass is 35.5. The smallest absolute Gasteiger partial charge is 0.277 e. The quantitative estimate of drug-likeness (QED) is 0.335. The van der Waals surface area contributed by atoms with Gasteiger partial charge in [-0.1, -0.05) is 40.9 Å². The van der Waals surface area contributed by atoms with Gasteiger partial charge in [0.2, 0.25) is 0 Å². The Labute approximate surface area is 205 Å². The van der Waals surface area contributed by atoms with Gasteiger partial charge in [0.15, 0.2) is 18.2 Å². The number of aromatic nitrogens is 4. The van der Waals surface area contributed by atoms with E-state index in [2.05, 4.69) is 15.5 Å². The Bertz CT molecular complexity index is 1270. The fraction of sp³-hybridized carbons (Fsp3) is 0.174. The molecule has 2 aromatic carbocycles. The summed E-state index contributed by atoms with van der Waals surface area (Å²) in [5.74, 6) is 0.689. The number of hydrogen-bond acceptors (Lipinski definition) is 4. The molecule has 2 heterocycles. The second-order valence-electron chi connectivity index (χ2n) is 7.44. The Balaban J connectivity index is 1.36. The van der Waals surface area contributed by atoms with Crippen LogP contribution in [0.2, 0.25) is 15.1 Å². The van der Waals surface area contributed by atoms with Crippen LogP contribution in [0.25, 0.3) is 0 Å². The summed E-state index contributed by atoms with van der Waals surface area (Å²) in [7, 11) is 0. The molecule has 170 valence electrons.